The molecule has 1 aliphatic rings. The van der Waals surface area contributed by atoms with Crippen molar-refractivity contribution in [3.63, 3.8) is 0 Å². The fourth-order valence-electron chi connectivity index (χ4n) is 2.28. The van der Waals surface area contributed by atoms with Crippen molar-refractivity contribution in [3.8, 4) is 5.75 Å². The lowest BCUT2D eigenvalue weighted by molar-refractivity contribution is 0.240. The highest BCUT2D eigenvalue weighted by molar-refractivity contribution is 5.49. The maximum absolute atomic E-state index is 10.6. The summed E-state index contributed by atoms with van der Waals surface area (Å²) in [5.74, 6) is 0.864. The number of methoxy groups -OCH3 is 2. The van der Waals surface area contributed by atoms with Crippen LogP contribution in [0.3, 0.4) is 0 Å². The number of nitrogens with zero attached hydrogens (tertiary/aromatic N) is 2. The van der Waals surface area contributed by atoms with Gasteiger partial charge in [-0.05, 0) is 29.8 Å². The number of aliphatic imine (C=N–C) groups is 2. The van der Waals surface area contributed by atoms with E-state index in [1.807, 2.05) is 24.3 Å². The Kier molecular flexibility index (Phi) is 4.69. The van der Waals surface area contributed by atoms with Gasteiger partial charge in [0.1, 0.15) is 11.5 Å². The highest BCUT2D eigenvalue weighted by atomic mass is 16.5. The largest absolute Gasteiger partial charge is 0.497 e. The van der Waals surface area contributed by atoms with Gasteiger partial charge in [-0.1, -0.05) is 18.2 Å². The molecule has 0 saturated heterocycles. The van der Waals surface area contributed by atoms with Crippen molar-refractivity contribution >= 4 is 12.2 Å². The first-order chi connectivity index (χ1) is 10.7. The molecule has 0 bridgehead atoms. The Morgan fingerprint density at radius 3 is 2.45 bits per heavy atom. The summed E-state index contributed by atoms with van der Waals surface area (Å²) in [7, 11) is 3.01. The molecule has 112 valence electrons. The van der Waals surface area contributed by atoms with E-state index in [1.165, 1.54) is 25.3 Å². The standard InChI is InChI=1S/C16H14N2O4/c1-21-14-5-3-4-12(8-14)13-6-7-16(17-10-19,18-11-20)15(9-13)22-2/h3-9,13H,1-2H3. The Labute approximate surface area is 127 Å². The van der Waals surface area contributed by atoms with Gasteiger partial charge in [0.15, 0.2) is 0 Å². The van der Waals surface area contributed by atoms with Gasteiger partial charge >= 0.3 is 0 Å². The molecule has 6 heteroatoms. The number of isocyanates is 2. The van der Waals surface area contributed by atoms with E-state index in [1.54, 1.807) is 19.3 Å². The highest BCUT2D eigenvalue weighted by Crippen LogP contribution is 2.36. The summed E-state index contributed by atoms with van der Waals surface area (Å²) in [4.78, 5) is 28.4. The Morgan fingerprint density at radius 2 is 1.86 bits per heavy atom. The van der Waals surface area contributed by atoms with Crippen LogP contribution >= 0.6 is 0 Å². The van der Waals surface area contributed by atoms with Crippen molar-refractivity contribution in [2.75, 3.05) is 14.2 Å². The first kappa shape index (κ1) is 15.4. The summed E-state index contributed by atoms with van der Waals surface area (Å²) in [6.07, 6.45) is 7.85. The van der Waals surface area contributed by atoms with Gasteiger partial charge in [0.2, 0.25) is 17.8 Å². The third-order valence-corrected chi connectivity index (χ3v) is 3.36. The molecule has 22 heavy (non-hydrogen) atoms. The summed E-state index contributed by atoms with van der Waals surface area (Å²) < 4.78 is 10.5. The van der Waals surface area contributed by atoms with Crippen molar-refractivity contribution in [3.05, 3.63) is 53.8 Å². The Morgan fingerprint density at radius 1 is 1.14 bits per heavy atom. The number of rotatable bonds is 5. The molecule has 0 heterocycles. The van der Waals surface area contributed by atoms with E-state index in [4.69, 9.17) is 9.47 Å². The van der Waals surface area contributed by atoms with E-state index < -0.39 is 5.66 Å². The molecule has 0 aromatic heterocycles. The Bertz CT molecular complexity index is 693. The van der Waals surface area contributed by atoms with Gasteiger partial charge in [0, 0.05) is 5.92 Å². The first-order valence-corrected chi connectivity index (χ1v) is 6.46. The van der Waals surface area contributed by atoms with Gasteiger partial charge in [-0.25, -0.2) is 9.59 Å². The number of hydrogen-bond donors (Lipinski definition) is 0. The van der Waals surface area contributed by atoms with E-state index in [0.717, 1.165) is 11.3 Å². The van der Waals surface area contributed by atoms with Crippen LogP contribution in [-0.2, 0) is 14.3 Å². The second kappa shape index (κ2) is 6.68. The molecule has 6 nitrogen and oxygen atoms in total. The monoisotopic (exact) mass is 298 g/mol. The van der Waals surface area contributed by atoms with Gasteiger partial charge < -0.3 is 9.47 Å². The predicted octanol–water partition coefficient (Wildman–Crippen LogP) is 2.25. The van der Waals surface area contributed by atoms with Crippen molar-refractivity contribution in [2.45, 2.75) is 11.6 Å². The average Bonchev–Trinajstić information content (AvgIpc) is 2.56. The zero-order valence-electron chi connectivity index (χ0n) is 12.1. The maximum atomic E-state index is 10.6. The molecule has 0 amide bonds. The number of carbonyl (C=O) groups excluding carboxylic acids is 2. The minimum atomic E-state index is -1.52. The van der Waals surface area contributed by atoms with Crippen LogP contribution in [0.4, 0.5) is 0 Å². The minimum Gasteiger partial charge on any atom is -0.497 e. The van der Waals surface area contributed by atoms with Crippen molar-refractivity contribution in [1.29, 1.82) is 0 Å². The quantitative estimate of drug-likeness (QED) is 0.474. The van der Waals surface area contributed by atoms with Crippen LogP contribution in [0.1, 0.15) is 11.5 Å². The molecular formula is C16H14N2O4. The van der Waals surface area contributed by atoms with Gasteiger partial charge in [-0.15, -0.1) is 0 Å². The molecule has 0 radical (unpaired) electrons. The Hall–Kier alpha value is -2.94. The van der Waals surface area contributed by atoms with Crippen molar-refractivity contribution in [1.82, 2.24) is 0 Å². The fraction of sp³-hybridized carbons (Fsp3) is 0.250. The third kappa shape index (κ3) is 2.88. The highest BCUT2D eigenvalue weighted by Gasteiger charge is 2.36. The molecule has 0 N–H and O–H groups in total. The normalized spacial score (nSPS) is 22.8. The molecule has 0 spiro atoms. The van der Waals surface area contributed by atoms with E-state index in [9.17, 15) is 9.59 Å². The molecular weight excluding hydrogens is 284 g/mol. The van der Waals surface area contributed by atoms with Crippen LogP contribution in [-0.4, -0.2) is 32.0 Å². The predicted molar refractivity (Wildman–Crippen MR) is 78.9 cm³/mol. The fourth-order valence-corrected chi connectivity index (χ4v) is 2.28. The zero-order valence-corrected chi connectivity index (χ0v) is 12.1. The summed E-state index contributed by atoms with van der Waals surface area (Å²) >= 11 is 0. The number of hydrogen-bond acceptors (Lipinski definition) is 6. The van der Waals surface area contributed by atoms with Gasteiger partial charge in [0.05, 0.1) is 14.2 Å². The van der Waals surface area contributed by atoms with Gasteiger partial charge in [-0.3, -0.25) is 0 Å². The van der Waals surface area contributed by atoms with Crippen molar-refractivity contribution < 1.29 is 19.1 Å². The van der Waals surface area contributed by atoms with Crippen LogP contribution in [0, 0.1) is 0 Å². The Balaban J connectivity index is 2.46. The summed E-state index contributed by atoms with van der Waals surface area (Å²) in [5, 5.41) is 0. The molecule has 0 aliphatic heterocycles. The molecule has 1 aliphatic carbocycles. The molecule has 2 rings (SSSR count). The van der Waals surface area contributed by atoms with Gasteiger partial charge in [-0.2, -0.15) is 9.98 Å². The SMILES string of the molecule is COC1=CC(c2cccc(OC)c2)C=CC1(N=C=O)N=C=O. The molecule has 0 fully saturated rings. The lowest BCUT2D eigenvalue weighted by atomic mass is 9.89. The van der Waals surface area contributed by atoms with Crippen LogP contribution in [0.2, 0.25) is 0 Å². The van der Waals surface area contributed by atoms with E-state index in [-0.39, 0.29) is 11.7 Å². The van der Waals surface area contributed by atoms with Crippen molar-refractivity contribution in [2.24, 2.45) is 9.98 Å². The van der Waals surface area contributed by atoms with Crippen LogP contribution in [0.5, 0.6) is 5.75 Å². The maximum Gasteiger partial charge on any atom is 0.248 e. The smallest absolute Gasteiger partial charge is 0.248 e. The minimum absolute atomic E-state index is 0.123. The van der Waals surface area contributed by atoms with Crippen LogP contribution in [0.15, 0.2) is 58.2 Å². The summed E-state index contributed by atoms with van der Waals surface area (Å²) in [6.45, 7) is 0. The lowest BCUT2D eigenvalue weighted by Crippen LogP contribution is -2.28. The second-order valence-electron chi connectivity index (χ2n) is 4.53. The van der Waals surface area contributed by atoms with E-state index in [0.29, 0.717) is 0 Å². The lowest BCUT2D eigenvalue weighted by Gasteiger charge is -2.26. The topological polar surface area (TPSA) is 77.3 Å². The number of benzene rings is 1. The molecule has 1 atom stereocenters. The van der Waals surface area contributed by atoms with Crippen LogP contribution < -0.4 is 4.74 Å². The van der Waals surface area contributed by atoms with Crippen LogP contribution in [0.25, 0.3) is 0 Å². The van der Waals surface area contributed by atoms with Gasteiger partial charge in [0.25, 0.3) is 0 Å². The zero-order chi connectivity index (χ0) is 16.0. The number of allylic oxidation sites excluding steroid dienone is 2. The summed E-state index contributed by atoms with van der Waals surface area (Å²) in [6, 6.07) is 7.53. The summed E-state index contributed by atoms with van der Waals surface area (Å²) in [5.41, 5.74) is -0.558. The molecule has 0 saturated carbocycles. The third-order valence-electron chi connectivity index (χ3n) is 3.36. The molecule has 1 aromatic carbocycles. The van der Waals surface area contributed by atoms with E-state index >= 15 is 0 Å². The number of ether oxygens (including phenoxy) is 2. The molecule has 1 aromatic rings. The average molecular weight is 298 g/mol. The second-order valence-corrected chi connectivity index (χ2v) is 4.53. The molecule has 1 unspecified atom stereocenters. The van der Waals surface area contributed by atoms with E-state index in [2.05, 4.69) is 9.98 Å². The first-order valence-electron chi connectivity index (χ1n) is 6.46.